The number of benzene rings is 1. The van der Waals surface area contributed by atoms with Crippen LogP contribution in [-0.4, -0.2) is 30.0 Å². The number of halogens is 1. The first-order chi connectivity index (χ1) is 8.66. The zero-order valence-electron chi connectivity index (χ0n) is 9.89. The van der Waals surface area contributed by atoms with Crippen LogP contribution >= 0.6 is 11.8 Å². The van der Waals surface area contributed by atoms with Crippen LogP contribution in [0.1, 0.15) is 23.2 Å². The molecule has 0 saturated carbocycles. The number of hydrogen-bond donors (Lipinski definition) is 1. The average molecular weight is 270 g/mol. The zero-order valence-corrected chi connectivity index (χ0v) is 10.7. The van der Waals surface area contributed by atoms with Crippen molar-refractivity contribution < 1.29 is 19.0 Å². The first-order valence-electron chi connectivity index (χ1n) is 5.90. The molecule has 0 aromatic heterocycles. The molecule has 0 atom stereocenters. The lowest BCUT2D eigenvalue weighted by Gasteiger charge is -2.21. The van der Waals surface area contributed by atoms with Crippen LogP contribution in [0.15, 0.2) is 23.1 Å². The van der Waals surface area contributed by atoms with E-state index in [1.54, 1.807) is 0 Å². The van der Waals surface area contributed by atoms with Gasteiger partial charge in [-0.15, -0.1) is 11.8 Å². The third-order valence-corrected chi connectivity index (χ3v) is 4.26. The quantitative estimate of drug-likeness (QED) is 0.854. The predicted molar refractivity (Wildman–Crippen MR) is 67.6 cm³/mol. The van der Waals surface area contributed by atoms with Gasteiger partial charge in [0.05, 0.1) is 5.56 Å². The van der Waals surface area contributed by atoms with E-state index in [0.29, 0.717) is 10.8 Å². The Morgan fingerprint density at radius 2 is 2.17 bits per heavy atom. The summed E-state index contributed by atoms with van der Waals surface area (Å²) >= 11 is 1.39. The standard InChI is InChI=1S/C13H15FO3S/c14-11-2-1-10(13(15)16)7-12(11)18-8-9-3-5-17-6-4-9/h1-2,7,9H,3-6,8H2,(H,15,16). The Morgan fingerprint density at radius 3 is 2.83 bits per heavy atom. The topological polar surface area (TPSA) is 46.5 Å². The highest BCUT2D eigenvalue weighted by Crippen LogP contribution is 2.28. The van der Waals surface area contributed by atoms with Gasteiger partial charge in [0, 0.05) is 23.9 Å². The largest absolute Gasteiger partial charge is 0.478 e. The molecule has 1 fully saturated rings. The molecule has 1 N–H and O–H groups in total. The highest BCUT2D eigenvalue weighted by molar-refractivity contribution is 7.99. The van der Waals surface area contributed by atoms with Crippen molar-refractivity contribution >= 4 is 17.7 Å². The van der Waals surface area contributed by atoms with Crippen LogP contribution < -0.4 is 0 Å². The lowest BCUT2D eigenvalue weighted by atomic mass is 10.0. The van der Waals surface area contributed by atoms with Gasteiger partial charge in [0.2, 0.25) is 0 Å². The van der Waals surface area contributed by atoms with Crippen LogP contribution in [-0.2, 0) is 4.74 Å². The van der Waals surface area contributed by atoms with Gasteiger partial charge >= 0.3 is 5.97 Å². The van der Waals surface area contributed by atoms with Gasteiger partial charge in [0.25, 0.3) is 0 Å². The summed E-state index contributed by atoms with van der Waals surface area (Å²) in [7, 11) is 0. The van der Waals surface area contributed by atoms with E-state index in [1.165, 1.54) is 30.0 Å². The summed E-state index contributed by atoms with van der Waals surface area (Å²) in [6.07, 6.45) is 1.99. The Balaban J connectivity index is 1.99. The summed E-state index contributed by atoms with van der Waals surface area (Å²) in [6.45, 7) is 1.53. The molecule has 1 aliphatic rings. The molecule has 1 saturated heterocycles. The summed E-state index contributed by atoms with van der Waals surface area (Å²) in [5.74, 6) is -0.0415. The molecule has 0 amide bonds. The van der Waals surface area contributed by atoms with Gasteiger partial charge in [-0.3, -0.25) is 0 Å². The van der Waals surface area contributed by atoms with Crippen LogP contribution in [0.2, 0.25) is 0 Å². The van der Waals surface area contributed by atoms with Crippen molar-refractivity contribution in [3.05, 3.63) is 29.6 Å². The number of carbonyl (C=O) groups is 1. The average Bonchev–Trinajstić information content (AvgIpc) is 2.38. The molecule has 0 aliphatic carbocycles. The minimum atomic E-state index is -1.03. The maximum atomic E-state index is 13.5. The van der Waals surface area contributed by atoms with Gasteiger partial charge in [-0.05, 0) is 37.0 Å². The first-order valence-corrected chi connectivity index (χ1v) is 6.89. The molecule has 98 valence electrons. The van der Waals surface area contributed by atoms with E-state index in [1.807, 2.05) is 0 Å². The van der Waals surface area contributed by atoms with E-state index in [9.17, 15) is 9.18 Å². The zero-order chi connectivity index (χ0) is 13.0. The third kappa shape index (κ3) is 3.46. The van der Waals surface area contributed by atoms with E-state index >= 15 is 0 Å². The van der Waals surface area contributed by atoms with Crippen molar-refractivity contribution in [3.63, 3.8) is 0 Å². The summed E-state index contributed by atoms with van der Waals surface area (Å²) in [4.78, 5) is 11.2. The molecule has 0 unspecified atom stereocenters. The molecule has 2 rings (SSSR count). The van der Waals surface area contributed by atoms with Gasteiger partial charge in [-0.1, -0.05) is 0 Å². The van der Waals surface area contributed by atoms with Crippen molar-refractivity contribution in [2.45, 2.75) is 17.7 Å². The van der Waals surface area contributed by atoms with E-state index in [-0.39, 0.29) is 11.4 Å². The van der Waals surface area contributed by atoms with Crippen LogP contribution in [0.4, 0.5) is 4.39 Å². The second-order valence-electron chi connectivity index (χ2n) is 4.32. The van der Waals surface area contributed by atoms with Gasteiger partial charge in [0.1, 0.15) is 5.82 Å². The molecule has 18 heavy (non-hydrogen) atoms. The predicted octanol–water partition coefficient (Wildman–Crippen LogP) is 3.04. The number of carboxylic acid groups (broad SMARTS) is 1. The number of aromatic carboxylic acids is 1. The maximum absolute atomic E-state index is 13.5. The monoisotopic (exact) mass is 270 g/mol. The van der Waals surface area contributed by atoms with Gasteiger partial charge < -0.3 is 9.84 Å². The minimum Gasteiger partial charge on any atom is -0.478 e. The van der Waals surface area contributed by atoms with Gasteiger partial charge in [0.15, 0.2) is 0 Å². The van der Waals surface area contributed by atoms with Crippen molar-refractivity contribution in [2.75, 3.05) is 19.0 Å². The van der Waals surface area contributed by atoms with Gasteiger partial charge in [-0.25, -0.2) is 9.18 Å². The molecule has 0 spiro atoms. The molecular weight excluding hydrogens is 255 g/mol. The minimum absolute atomic E-state index is 0.130. The van der Waals surface area contributed by atoms with E-state index in [4.69, 9.17) is 9.84 Å². The molecule has 0 radical (unpaired) electrons. The summed E-state index contributed by atoms with van der Waals surface area (Å²) < 4.78 is 18.8. The third-order valence-electron chi connectivity index (χ3n) is 2.99. The highest BCUT2D eigenvalue weighted by Gasteiger charge is 2.16. The Bertz CT molecular complexity index is 430. The molecule has 5 heteroatoms. The van der Waals surface area contributed by atoms with E-state index < -0.39 is 5.97 Å². The fourth-order valence-corrected chi connectivity index (χ4v) is 3.03. The number of rotatable bonds is 4. The molecule has 3 nitrogen and oxygen atoms in total. The Morgan fingerprint density at radius 1 is 1.44 bits per heavy atom. The summed E-state index contributed by atoms with van der Waals surface area (Å²) in [6, 6.07) is 3.91. The van der Waals surface area contributed by atoms with Crippen LogP contribution in [0.3, 0.4) is 0 Å². The smallest absolute Gasteiger partial charge is 0.335 e. The number of hydrogen-bond acceptors (Lipinski definition) is 3. The Kier molecular flexibility index (Phi) is 4.60. The number of carboxylic acids is 1. The van der Waals surface area contributed by atoms with Crippen molar-refractivity contribution in [3.8, 4) is 0 Å². The van der Waals surface area contributed by atoms with Crippen molar-refractivity contribution in [1.82, 2.24) is 0 Å². The second-order valence-corrected chi connectivity index (χ2v) is 5.38. The van der Waals surface area contributed by atoms with Gasteiger partial charge in [-0.2, -0.15) is 0 Å². The van der Waals surface area contributed by atoms with Crippen molar-refractivity contribution in [1.29, 1.82) is 0 Å². The number of ether oxygens (including phenoxy) is 1. The van der Waals surface area contributed by atoms with Crippen LogP contribution in [0.25, 0.3) is 0 Å². The van der Waals surface area contributed by atoms with Crippen LogP contribution in [0, 0.1) is 11.7 Å². The lowest BCUT2D eigenvalue weighted by Crippen LogP contribution is -2.17. The summed E-state index contributed by atoms with van der Waals surface area (Å²) in [5, 5.41) is 8.87. The van der Waals surface area contributed by atoms with Crippen molar-refractivity contribution in [2.24, 2.45) is 5.92 Å². The molecule has 1 aromatic carbocycles. The SMILES string of the molecule is O=C(O)c1ccc(F)c(SCC2CCOCC2)c1. The Hall–Kier alpha value is -1.07. The molecule has 0 bridgehead atoms. The number of thioether (sulfide) groups is 1. The Labute approximate surface area is 109 Å². The fourth-order valence-electron chi connectivity index (χ4n) is 1.87. The second kappa shape index (κ2) is 6.20. The summed E-state index contributed by atoms with van der Waals surface area (Å²) in [5.41, 5.74) is 0.130. The molecule has 1 heterocycles. The highest BCUT2D eigenvalue weighted by atomic mass is 32.2. The first kappa shape index (κ1) is 13.4. The maximum Gasteiger partial charge on any atom is 0.335 e. The van der Waals surface area contributed by atoms with E-state index in [0.717, 1.165) is 31.8 Å². The normalized spacial score (nSPS) is 16.7. The lowest BCUT2D eigenvalue weighted by molar-refractivity contribution is 0.0696. The van der Waals surface area contributed by atoms with E-state index in [2.05, 4.69) is 0 Å². The fraction of sp³-hybridized carbons (Fsp3) is 0.462. The molecule has 1 aromatic rings. The molecule has 1 aliphatic heterocycles. The molecular formula is C13H15FO3S. The van der Waals surface area contributed by atoms with Crippen LogP contribution in [0.5, 0.6) is 0 Å².